The highest BCUT2D eigenvalue weighted by molar-refractivity contribution is 5.76. The van der Waals surface area contributed by atoms with E-state index in [0.717, 1.165) is 22.7 Å². The molecule has 23 heavy (non-hydrogen) atoms. The second-order valence-electron chi connectivity index (χ2n) is 5.19. The molecule has 0 radical (unpaired) electrons. The Kier molecular flexibility index (Phi) is 3.15. The average molecular weight is 307 g/mol. The van der Waals surface area contributed by atoms with Gasteiger partial charge >= 0.3 is 0 Å². The Hall–Kier alpha value is -3.01. The van der Waals surface area contributed by atoms with E-state index in [0.29, 0.717) is 17.0 Å². The van der Waals surface area contributed by atoms with Gasteiger partial charge in [0.05, 0.1) is 0 Å². The van der Waals surface area contributed by atoms with Crippen LogP contribution in [0.1, 0.15) is 0 Å². The van der Waals surface area contributed by atoms with Crippen molar-refractivity contribution in [2.24, 2.45) is 0 Å². The van der Waals surface area contributed by atoms with Crippen molar-refractivity contribution in [3.8, 4) is 22.6 Å². The van der Waals surface area contributed by atoms with E-state index in [1.807, 2.05) is 36.4 Å². The minimum atomic E-state index is -0.589. The third-order valence-corrected chi connectivity index (χ3v) is 3.67. The summed E-state index contributed by atoms with van der Waals surface area (Å²) in [4.78, 5) is 4.42. The van der Waals surface area contributed by atoms with E-state index in [-0.39, 0.29) is 0 Å². The highest BCUT2D eigenvalue weighted by Gasteiger charge is 2.10. The van der Waals surface area contributed by atoms with Gasteiger partial charge in [-0.2, -0.15) is 0 Å². The summed E-state index contributed by atoms with van der Waals surface area (Å²) < 4.78 is 32.5. The van der Waals surface area contributed by atoms with E-state index in [1.54, 1.807) is 12.1 Å². The Bertz CT molecular complexity index is 957. The second-order valence-corrected chi connectivity index (χ2v) is 5.19. The SMILES string of the molecule is Fc1ccc(-c2ccc(-c3nc4ccccc4o3)cc2)c(F)c1. The fourth-order valence-corrected chi connectivity index (χ4v) is 2.51. The first-order valence-electron chi connectivity index (χ1n) is 7.12. The minimum Gasteiger partial charge on any atom is -0.436 e. The fourth-order valence-electron chi connectivity index (χ4n) is 2.51. The third-order valence-electron chi connectivity index (χ3n) is 3.67. The lowest BCUT2D eigenvalue weighted by molar-refractivity contribution is 0.585. The summed E-state index contributed by atoms with van der Waals surface area (Å²) in [6.45, 7) is 0. The molecule has 3 aromatic carbocycles. The van der Waals surface area contributed by atoms with Crippen molar-refractivity contribution in [1.82, 2.24) is 4.98 Å². The Morgan fingerprint density at radius 2 is 1.52 bits per heavy atom. The molecule has 4 heteroatoms. The molecule has 0 saturated heterocycles. The van der Waals surface area contributed by atoms with Gasteiger partial charge in [-0.15, -0.1) is 0 Å². The van der Waals surface area contributed by atoms with Crippen molar-refractivity contribution < 1.29 is 13.2 Å². The lowest BCUT2D eigenvalue weighted by Crippen LogP contribution is -1.86. The maximum atomic E-state index is 13.8. The molecule has 0 spiro atoms. The topological polar surface area (TPSA) is 26.0 Å². The predicted molar refractivity (Wildman–Crippen MR) is 84.8 cm³/mol. The molecule has 0 unspecified atom stereocenters. The summed E-state index contributed by atoms with van der Waals surface area (Å²) in [6, 6.07) is 18.2. The molecule has 0 fully saturated rings. The summed E-state index contributed by atoms with van der Waals surface area (Å²) in [6.07, 6.45) is 0. The van der Waals surface area contributed by atoms with Crippen LogP contribution >= 0.6 is 0 Å². The van der Waals surface area contributed by atoms with Crippen LogP contribution in [0.3, 0.4) is 0 Å². The Morgan fingerprint density at radius 3 is 2.26 bits per heavy atom. The number of benzene rings is 3. The molecular weight excluding hydrogens is 296 g/mol. The maximum absolute atomic E-state index is 13.8. The second kappa shape index (κ2) is 5.32. The van der Waals surface area contributed by atoms with Crippen LogP contribution in [0, 0.1) is 11.6 Å². The molecule has 112 valence electrons. The quantitative estimate of drug-likeness (QED) is 0.493. The molecule has 0 bridgehead atoms. The van der Waals surface area contributed by atoms with E-state index in [1.165, 1.54) is 12.1 Å². The first-order chi connectivity index (χ1) is 11.2. The molecule has 0 aliphatic rings. The lowest BCUT2D eigenvalue weighted by Gasteiger charge is -2.04. The van der Waals surface area contributed by atoms with Gasteiger partial charge in [0.2, 0.25) is 5.89 Å². The molecule has 4 aromatic rings. The zero-order valence-corrected chi connectivity index (χ0v) is 12.0. The summed E-state index contributed by atoms with van der Waals surface area (Å²) in [5, 5.41) is 0. The number of aromatic nitrogens is 1. The van der Waals surface area contributed by atoms with Crippen LogP contribution in [0.25, 0.3) is 33.7 Å². The van der Waals surface area contributed by atoms with Gasteiger partial charge in [-0.05, 0) is 42.0 Å². The van der Waals surface area contributed by atoms with Crippen molar-refractivity contribution in [3.05, 3.63) is 78.4 Å². The van der Waals surface area contributed by atoms with Crippen LogP contribution < -0.4 is 0 Å². The van der Waals surface area contributed by atoms with Crippen LogP contribution in [0.15, 0.2) is 71.1 Å². The van der Waals surface area contributed by atoms with Crippen LogP contribution in [0.5, 0.6) is 0 Å². The number of rotatable bonds is 2. The van der Waals surface area contributed by atoms with Gasteiger partial charge in [0.15, 0.2) is 5.58 Å². The predicted octanol–water partition coefficient (Wildman–Crippen LogP) is 5.44. The van der Waals surface area contributed by atoms with Crippen molar-refractivity contribution >= 4 is 11.1 Å². The first-order valence-corrected chi connectivity index (χ1v) is 7.12. The molecule has 0 amide bonds. The molecule has 2 nitrogen and oxygen atoms in total. The highest BCUT2D eigenvalue weighted by atomic mass is 19.1. The molecule has 0 atom stereocenters. The number of halogens is 2. The van der Waals surface area contributed by atoms with Gasteiger partial charge in [0, 0.05) is 17.2 Å². The lowest BCUT2D eigenvalue weighted by atomic mass is 10.0. The molecule has 1 aromatic heterocycles. The van der Waals surface area contributed by atoms with Crippen LogP contribution in [0.4, 0.5) is 8.78 Å². The van der Waals surface area contributed by atoms with Crippen LogP contribution in [-0.2, 0) is 0 Å². The first kappa shape index (κ1) is 13.6. The van der Waals surface area contributed by atoms with Gasteiger partial charge in [-0.1, -0.05) is 24.3 Å². The van der Waals surface area contributed by atoms with Crippen molar-refractivity contribution in [2.45, 2.75) is 0 Å². The van der Waals surface area contributed by atoms with E-state index < -0.39 is 11.6 Å². The highest BCUT2D eigenvalue weighted by Crippen LogP contribution is 2.28. The standard InChI is InChI=1S/C19H11F2NO/c20-14-9-10-15(16(21)11-14)12-5-7-13(8-6-12)19-22-17-3-1-2-4-18(17)23-19/h1-11H. The number of hydrogen-bond donors (Lipinski definition) is 0. The van der Waals surface area contributed by atoms with E-state index >= 15 is 0 Å². The van der Waals surface area contributed by atoms with Gasteiger partial charge in [0.25, 0.3) is 0 Å². The molecule has 1 heterocycles. The number of hydrogen-bond acceptors (Lipinski definition) is 2. The number of oxazole rings is 1. The van der Waals surface area contributed by atoms with Crippen LogP contribution in [-0.4, -0.2) is 4.98 Å². The Balaban J connectivity index is 1.72. The smallest absolute Gasteiger partial charge is 0.227 e. The van der Waals surface area contributed by atoms with Gasteiger partial charge in [0.1, 0.15) is 17.2 Å². The largest absolute Gasteiger partial charge is 0.436 e. The number of fused-ring (bicyclic) bond motifs is 1. The summed E-state index contributed by atoms with van der Waals surface area (Å²) >= 11 is 0. The molecular formula is C19H11F2NO. The molecule has 0 aliphatic carbocycles. The average Bonchev–Trinajstić information content (AvgIpc) is 2.99. The third kappa shape index (κ3) is 2.48. The van der Waals surface area contributed by atoms with Crippen LogP contribution in [0.2, 0.25) is 0 Å². The zero-order chi connectivity index (χ0) is 15.8. The van der Waals surface area contributed by atoms with E-state index in [9.17, 15) is 8.78 Å². The zero-order valence-electron chi connectivity index (χ0n) is 12.0. The molecule has 0 saturated carbocycles. The molecule has 0 N–H and O–H groups in total. The number of para-hydroxylation sites is 2. The number of nitrogens with zero attached hydrogens (tertiary/aromatic N) is 1. The Morgan fingerprint density at radius 1 is 0.783 bits per heavy atom. The van der Waals surface area contributed by atoms with Gasteiger partial charge < -0.3 is 4.42 Å². The van der Waals surface area contributed by atoms with Crippen molar-refractivity contribution in [3.63, 3.8) is 0 Å². The minimum absolute atomic E-state index is 0.357. The molecule has 4 rings (SSSR count). The van der Waals surface area contributed by atoms with E-state index in [2.05, 4.69) is 4.98 Å². The summed E-state index contributed by atoms with van der Waals surface area (Å²) in [7, 11) is 0. The Labute approximate surface area is 131 Å². The van der Waals surface area contributed by atoms with Gasteiger partial charge in [-0.3, -0.25) is 0 Å². The summed E-state index contributed by atoms with van der Waals surface area (Å²) in [5.74, 6) is -0.661. The van der Waals surface area contributed by atoms with E-state index in [4.69, 9.17) is 4.42 Å². The van der Waals surface area contributed by atoms with Gasteiger partial charge in [-0.25, -0.2) is 13.8 Å². The monoisotopic (exact) mass is 307 g/mol. The maximum Gasteiger partial charge on any atom is 0.227 e. The van der Waals surface area contributed by atoms with Crippen molar-refractivity contribution in [1.29, 1.82) is 0 Å². The molecule has 0 aliphatic heterocycles. The fraction of sp³-hybridized carbons (Fsp3) is 0. The summed E-state index contributed by atoms with van der Waals surface area (Å²) in [5.41, 5.74) is 3.33. The normalized spacial score (nSPS) is 11.0. The van der Waals surface area contributed by atoms with Crippen molar-refractivity contribution in [2.75, 3.05) is 0 Å².